The SMILES string of the molecule is Cc1ccccc1-c1cc(NC(=O)CSCc2cccnc2)n(Cc2ccccc2)n1. The minimum absolute atomic E-state index is 0.0422. The molecule has 1 amide bonds. The molecule has 6 heteroatoms. The number of aryl methyl sites for hydroxylation is 1. The Kier molecular flexibility index (Phi) is 6.79. The lowest BCUT2D eigenvalue weighted by Gasteiger charge is -2.09. The zero-order valence-corrected chi connectivity index (χ0v) is 18.2. The average molecular weight is 429 g/mol. The van der Waals surface area contributed by atoms with Crippen molar-refractivity contribution >= 4 is 23.5 Å². The molecular formula is C25H24N4OS. The molecule has 2 heterocycles. The third kappa shape index (κ3) is 5.61. The number of aromatic nitrogens is 3. The standard InChI is InChI=1S/C25H24N4OS/c1-19-8-5-6-12-22(19)23-14-24(29(28-23)16-20-9-3-2-4-10-20)27-25(30)18-31-17-21-11-7-13-26-15-21/h2-15H,16-18H2,1H3,(H,27,30). The molecule has 0 bridgehead atoms. The quantitative estimate of drug-likeness (QED) is 0.420. The molecule has 156 valence electrons. The van der Waals surface area contributed by atoms with Crippen LogP contribution < -0.4 is 5.32 Å². The molecule has 0 aliphatic carbocycles. The van der Waals surface area contributed by atoms with Gasteiger partial charge in [0.25, 0.3) is 0 Å². The highest BCUT2D eigenvalue weighted by molar-refractivity contribution is 7.99. The Bertz CT molecular complexity index is 1140. The van der Waals surface area contributed by atoms with Crippen LogP contribution in [-0.4, -0.2) is 26.4 Å². The van der Waals surface area contributed by atoms with Crippen molar-refractivity contribution in [2.75, 3.05) is 11.1 Å². The molecule has 0 unspecified atom stereocenters. The van der Waals surface area contributed by atoms with Gasteiger partial charge >= 0.3 is 0 Å². The molecule has 4 rings (SSSR count). The van der Waals surface area contributed by atoms with Gasteiger partial charge in [0.2, 0.25) is 5.91 Å². The average Bonchev–Trinajstić information content (AvgIpc) is 3.17. The number of amides is 1. The number of hydrogen-bond donors (Lipinski definition) is 1. The van der Waals surface area contributed by atoms with Crippen molar-refractivity contribution in [1.82, 2.24) is 14.8 Å². The first-order valence-corrected chi connectivity index (χ1v) is 11.3. The topological polar surface area (TPSA) is 59.8 Å². The van der Waals surface area contributed by atoms with Crippen LogP contribution >= 0.6 is 11.8 Å². The molecule has 0 aliphatic heterocycles. The van der Waals surface area contributed by atoms with E-state index in [2.05, 4.69) is 41.5 Å². The van der Waals surface area contributed by atoms with Gasteiger partial charge in [-0.2, -0.15) is 5.10 Å². The van der Waals surface area contributed by atoms with Crippen LogP contribution in [0.4, 0.5) is 5.82 Å². The Hall–Kier alpha value is -3.38. The van der Waals surface area contributed by atoms with Gasteiger partial charge < -0.3 is 5.32 Å². The fourth-order valence-electron chi connectivity index (χ4n) is 3.31. The molecule has 4 aromatic rings. The van der Waals surface area contributed by atoms with Gasteiger partial charge in [0.15, 0.2) is 0 Å². The number of nitrogens with zero attached hydrogens (tertiary/aromatic N) is 3. The summed E-state index contributed by atoms with van der Waals surface area (Å²) in [4.78, 5) is 16.7. The molecule has 0 saturated carbocycles. The van der Waals surface area contributed by atoms with Gasteiger partial charge in [-0.3, -0.25) is 9.78 Å². The third-order valence-corrected chi connectivity index (χ3v) is 5.87. The maximum absolute atomic E-state index is 12.6. The number of hydrogen-bond acceptors (Lipinski definition) is 4. The Morgan fingerprint density at radius 2 is 1.77 bits per heavy atom. The van der Waals surface area contributed by atoms with Gasteiger partial charge in [0, 0.05) is 29.8 Å². The zero-order chi connectivity index (χ0) is 21.5. The molecule has 0 atom stereocenters. The number of benzene rings is 2. The number of anilines is 1. The minimum Gasteiger partial charge on any atom is -0.310 e. The van der Waals surface area contributed by atoms with Crippen molar-refractivity contribution in [2.24, 2.45) is 0 Å². The number of carbonyl (C=O) groups is 1. The lowest BCUT2D eigenvalue weighted by Crippen LogP contribution is -2.18. The summed E-state index contributed by atoms with van der Waals surface area (Å²) in [6.45, 7) is 2.66. The molecule has 31 heavy (non-hydrogen) atoms. The Balaban J connectivity index is 1.50. The Labute approximate surface area is 186 Å². The minimum atomic E-state index is -0.0422. The van der Waals surface area contributed by atoms with E-state index >= 15 is 0 Å². The van der Waals surface area contributed by atoms with E-state index in [0.717, 1.165) is 33.7 Å². The molecule has 1 N–H and O–H groups in total. The fraction of sp³-hybridized carbons (Fsp3) is 0.160. The summed E-state index contributed by atoms with van der Waals surface area (Å²) in [5.41, 5.74) is 5.31. The molecule has 0 fully saturated rings. The smallest absolute Gasteiger partial charge is 0.235 e. The zero-order valence-electron chi connectivity index (χ0n) is 17.4. The molecule has 2 aromatic heterocycles. The second-order valence-electron chi connectivity index (χ2n) is 7.28. The van der Waals surface area contributed by atoms with Crippen molar-refractivity contribution in [3.63, 3.8) is 0 Å². The van der Waals surface area contributed by atoms with Crippen molar-refractivity contribution < 1.29 is 4.79 Å². The van der Waals surface area contributed by atoms with Crippen LogP contribution in [0.2, 0.25) is 0 Å². The first-order chi connectivity index (χ1) is 15.2. The van der Waals surface area contributed by atoms with Crippen LogP contribution in [0.25, 0.3) is 11.3 Å². The number of carbonyl (C=O) groups excluding carboxylic acids is 1. The van der Waals surface area contributed by atoms with E-state index in [0.29, 0.717) is 18.1 Å². The largest absolute Gasteiger partial charge is 0.310 e. The van der Waals surface area contributed by atoms with Crippen molar-refractivity contribution in [2.45, 2.75) is 19.2 Å². The summed E-state index contributed by atoms with van der Waals surface area (Å²) in [6, 6.07) is 24.2. The molecule has 0 radical (unpaired) electrons. The number of pyridine rings is 1. The Morgan fingerprint density at radius 3 is 2.55 bits per heavy atom. The molecule has 0 saturated heterocycles. The number of thioether (sulfide) groups is 1. The summed E-state index contributed by atoms with van der Waals surface area (Å²) in [6.07, 6.45) is 3.58. The second kappa shape index (κ2) is 10.1. The van der Waals surface area contributed by atoms with Gasteiger partial charge in [0.1, 0.15) is 5.82 Å². The highest BCUT2D eigenvalue weighted by Gasteiger charge is 2.14. The van der Waals surface area contributed by atoms with Crippen molar-refractivity contribution in [3.05, 3.63) is 102 Å². The van der Waals surface area contributed by atoms with Gasteiger partial charge in [0.05, 0.1) is 18.0 Å². The van der Waals surface area contributed by atoms with Gasteiger partial charge in [-0.15, -0.1) is 11.8 Å². The van der Waals surface area contributed by atoms with E-state index in [-0.39, 0.29) is 5.91 Å². The molecule has 2 aromatic carbocycles. The fourth-order valence-corrected chi connectivity index (χ4v) is 4.08. The maximum atomic E-state index is 12.6. The van der Waals surface area contributed by atoms with E-state index in [1.807, 2.05) is 59.4 Å². The summed E-state index contributed by atoms with van der Waals surface area (Å²) < 4.78 is 1.86. The summed E-state index contributed by atoms with van der Waals surface area (Å²) in [7, 11) is 0. The van der Waals surface area contributed by atoms with Crippen LogP contribution in [0.5, 0.6) is 0 Å². The number of nitrogens with one attached hydrogen (secondary N) is 1. The maximum Gasteiger partial charge on any atom is 0.235 e. The van der Waals surface area contributed by atoms with Crippen LogP contribution in [0.15, 0.2) is 85.2 Å². The Morgan fingerprint density at radius 1 is 1.00 bits per heavy atom. The van der Waals surface area contributed by atoms with Crippen molar-refractivity contribution in [1.29, 1.82) is 0 Å². The molecule has 0 aliphatic rings. The predicted octanol–water partition coefficient (Wildman–Crippen LogP) is 5.17. The molecule has 0 spiro atoms. The van der Waals surface area contributed by atoms with Crippen LogP contribution in [0.3, 0.4) is 0 Å². The first-order valence-electron chi connectivity index (χ1n) is 10.1. The van der Waals surface area contributed by atoms with Crippen LogP contribution in [0.1, 0.15) is 16.7 Å². The van der Waals surface area contributed by atoms with Crippen molar-refractivity contribution in [3.8, 4) is 11.3 Å². The lowest BCUT2D eigenvalue weighted by molar-refractivity contribution is -0.113. The summed E-state index contributed by atoms with van der Waals surface area (Å²) >= 11 is 1.57. The van der Waals surface area contributed by atoms with E-state index in [1.165, 1.54) is 0 Å². The van der Waals surface area contributed by atoms with E-state index in [1.54, 1.807) is 18.0 Å². The highest BCUT2D eigenvalue weighted by Crippen LogP contribution is 2.26. The number of rotatable bonds is 8. The first kappa shape index (κ1) is 20.9. The van der Waals surface area contributed by atoms with E-state index in [4.69, 9.17) is 5.10 Å². The second-order valence-corrected chi connectivity index (χ2v) is 8.26. The van der Waals surface area contributed by atoms with Gasteiger partial charge in [-0.05, 0) is 29.7 Å². The molecular weight excluding hydrogens is 404 g/mol. The third-order valence-electron chi connectivity index (χ3n) is 4.87. The highest BCUT2D eigenvalue weighted by atomic mass is 32.2. The van der Waals surface area contributed by atoms with Crippen LogP contribution in [-0.2, 0) is 17.1 Å². The van der Waals surface area contributed by atoms with E-state index in [9.17, 15) is 4.79 Å². The van der Waals surface area contributed by atoms with Crippen LogP contribution in [0, 0.1) is 6.92 Å². The predicted molar refractivity (Wildman–Crippen MR) is 127 cm³/mol. The van der Waals surface area contributed by atoms with Gasteiger partial charge in [-0.25, -0.2) is 4.68 Å². The monoisotopic (exact) mass is 428 g/mol. The molecule has 5 nitrogen and oxygen atoms in total. The van der Waals surface area contributed by atoms with Gasteiger partial charge in [-0.1, -0.05) is 60.7 Å². The summed E-state index contributed by atoms with van der Waals surface area (Å²) in [5, 5.41) is 7.86. The summed E-state index contributed by atoms with van der Waals surface area (Å²) in [5.74, 6) is 1.78. The van der Waals surface area contributed by atoms with E-state index < -0.39 is 0 Å². The normalized spacial score (nSPS) is 10.7. The lowest BCUT2D eigenvalue weighted by atomic mass is 10.1.